The Bertz CT molecular complexity index is 288. The fraction of sp³-hybridized carbons (Fsp3) is 0.818. The van der Waals surface area contributed by atoms with Gasteiger partial charge in [0.1, 0.15) is 5.60 Å². The topological polar surface area (TPSA) is 67.4 Å². The monoisotopic (exact) mass is 228 g/mol. The van der Waals surface area contributed by atoms with Gasteiger partial charge in [0.25, 0.3) is 0 Å². The lowest BCUT2D eigenvalue weighted by atomic mass is 10.00. The zero-order chi connectivity index (χ0) is 12.4. The summed E-state index contributed by atoms with van der Waals surface area (Å²) < 4.78 is 5.01. The number of rotatable bonds is 1. The first-order chi connectivity index (χ1) is 7.23. The van der Waals surface area contributed by atoms with E-state index in [4.69, 9.17) is 4.74 Å². The summed E-state index contributed by atoms with van der Waals surface area (Å²) in [4.78, 5) is 23.2. The molecule has 1 saturated heterocycles. The molecular weight excluding hydrogens is 208 g/mol. The number of carbonyl (C=O) groups is 2. The summed E-state index contributed by atoms with van der Waals surface area (Å²) in [6, 6.07) is 0. The van der Waals surface area contributed by atoms with E-state index in [0.717, 1.165) is 19.4 Å². The highest BCUT2D eigenvalue weighted by Gasteiger charge is 2.37. The minimum Gasteiger partial charge on any atom is -0.444 e. The Kier molecular flexibility index (Phi) is 3.57. The van der Waals surface area contributed by atoms with Gasteiger partial charge in [0.2, 0.25) is 5.91 Å². The van der Waals surface area contributed by atoms with Crippen LogP contribution in [-0.2, 0) is 9.53 Å². The number of alkyl carbamates (subject to hydrolysis) is 1. The van der Waals surface area contributed by atoms with Crippen molar-refractivity contribution in [1.29, 1.82) is 0 Å². The van der Waals surface area contributed by atoms with Crippen molar-refractivity contribution in [2.45, 2.75) is 51.7 Å². The molecule has 0 radical (unpaired) electrons. The molecule has 0 bridgehead atoms. The van der Waals surface area contributed by atoms with Gasteiger partial charge in [-0.05, 0) is 47.1 Å². The van der Waals surface area contributed by atoms with E-state index < -0.39 is 17.2 Å². The Hall–Kier alpha value is -1.10. The SMILES string of the molecule is CC(C)(C)OC(=O)NC(=O)[C@@]1(C)CCCN1. The molecule has 1 heterocycles. The van der Waals surface area contributed by atoms with Crippen molar-refractivity contribution in [3.05, 3.63) is 0 Å². The van der Waals surface area contributed by atoms with Gasteiger partial charge in [-0.2, -0.15) is 0 Å². The molecule has 0 spiro atoms. The van der Waals surface area contributed by atoms with Gasteiger partial charge in [0, 0.05) is 0 Å². The fourth-order valence-corrected chi connectivity index (χ4v) is 1.62. The minimum atomic E-state index is -0.688. The van der Waals surface area contributed by atoms with Gasteiger partial charge < -0.3 is 10.1 Å². The van der Waals surface area contributed by atoms with E-state index in [0.29, 0.717) is 0 Å². The molecule has 0 aromatic rings. The van der Waals surface area contributed by atoms with Gasteiger partial charge in [0.15, 0.2) is 0 Å². The summed E-state index contributed by atoms with van der Waals surface area (Å²) in [7, 11) is 0. The average molecular weight is 228 g/mol. The first kappa shape index (κ1) is 13.0. The third kappa shape index (κ3) is 3.48. The lowest BCUT2D eigenvalue weighted by molar-refractivity contribution is -0.126. The van der Waals surface area contributed by atoms with Crippen molar-refractivity contribution in [2.24, 2.45) is 0 Å². The van der Waals surface area contributed by atoms with Crippen molar-refractivity contribution >= 4 is 12.0 Å². The second-order valence-corrected chi connectivity index (χ2v) is 5.32. The van der Waals surface area contributed by atoms with Gasteiger partial charge in [0.05, 0.1) is 5.54 Å². The van der Waals surface area contributed by atoms with Crippen molar-refractivity contribution in [3.63, 3.8) is 0 Å². The molecule has 0 unspecified atom stereocenters. The smallest absolute Gasteiger partial charge is 0.414 e. The maximum Gasteiger partial charge on any atom is 0.414 e. The second kappa shape index (κ2) is 4.41. The van der Waals surface area contributed by atoms with Gasteiger partial charge in [-0.3, -0.25) is 10.1 Å². The van der Waals surface area contributed by atoms with Crippen LogP contribution < -0.4 is 10.6 Å². The maximum atomic E-state index is 11.8. The molecule has 0 aliphatic carbocycles. The highest BCUT2D eigenvalue weighted by atomic mass is 16.6. The summed E-state index contributed by atoms with van der Waals surface area (Å²) in [6.45, 7) is 7.86. The molecule has 1 atom stereocenters. The number of carbonyl (C=O) groups excluding carboxylic acids is 2. The molecule has 16 heavy (non-hydrogen) atoms. The predicted molar refractivity (Wildman–Crippen MR) is 60.0 cm³/mol. The van der Waals surface area contributed by atoms with E-state index >= 15 is 0 Å². The van der Waals surface area contributed by atoms with Gasteiger partial charge in [-0.25, -0.2) is 4.79 Å². The Morgan fingerprint density at radius 2 is 2.00 bits per heavy atom. The number of imide groups is 1. The molecule has 1 aliphatic rings. The number of amides is 2. The van der Waals surface area contributed by atoms with Crippen molar-refractivity contribution in [3.8, 4) is 0 Å². The number of nitrogens with one attached hydrogen (secondary N) is 2. The highest BCUT2D eigenvalue weighted by molar-refractivity contribution is 5.97. The summed E-state index contributed by atoms with van der Waals surface area (Å²) in [5, 5.41) is 5.34. The Morgan fingerprint density at radius 1 is 1.38 bits per heavy atom. The third-order valence-corrected chi connectivity index (χ3v) is 2.48. The zero-order valence-corrected chi connectivity index (χ0v) is 10.3. The van der Waals surface area contributed by atoms with E-state index in [2.05, 4.69) is 10.6 Å². The second-order valence-electron chi connectivity index (χ2n) is 5.32. The van der Waals surface area contributed by atoms with E-state index in [-0.39, 0.29) is 5.91 Å². The Balaban J connectivity index is 2.48. The van der Waals surface area contributed by atoms with E-state index in [1.54, 1.807) is 27.7 Å². The van der Waals surface area contributed by atoms with Crippen LogP contribution in [0, 0.1) is 0 Å². The molecule has 0 aromatic carbocycles. The predicted octanol–water partition coefficient (Wildman–Crippen LogP) is 1.18. The standard InChI is InChI=1S/C11H20N2O3/c1-10(2,3)16-9(15)13-8(14)11(4)6-5-7-12-11/h12H,5-7H2,1-4H3,(H,13,14,15)/t11-/m1/s1. The molecule has 1 aliphatic heterocycles. The van der Waals surface area contributed by atoms with Crippen LogP contribution >= 0.6 is 0 Å². The molecule has 0 saturated carbocycles. The van der Waals surface area contributed by atoms with Crippen molar-refractivity contribution < 1.29 is 14.3 Å². The molecule has 92 valence electrons. The van der Waals surface area contributed by atoms with Gasteiger partial charge in [-0.1, -0.05) is 0 Å². The summed E-state index contributed by atoms with van der Waals surface area (Å²) in [6.07, 6.45) is 0.993. The van der Waals surface area contributed by atoms with Crippen molar-refractivity contribution in [1.82, 2.24) is 10.6 Å². The molecule has 1 fully saturated rings. The molecule has 2 N–H and O–H groups in total. The van der Waals surface area contributed by atoms with Crippen LogP contribution in [0.15, 0.2) is 0 Å². The lowest BCUT2D eigenvalue weighted by Gasteiger charge is -2.24. The van der Waals surface area contributed by atoms with Gasteiger partial charge >= 0.3 is 6.09 Å². The largest absolute Gasteiger partial charge is 0.444 e. The van der Waals surface area contributed by atoms with Crippen LogP contribution in [0.3, 0.4) is 0 Å². The van der Waals surface area contributed by atoms with Crippen LogP contribution in [0.5, 0.6) is 0 Å². The molecule has 2 amide bonds. The van der Waals surface area contributed by atoms with Crippen LogP contribution in [0.2, 0.25) is 0 Å². The number of hydrogen-bond acceptors (Lipinski definition) is 4. The van der Waals surface area contributed by atoms with Crippen molar-refractivity contribution in [2.75, 3.05) is 6.54 Å². The van der Waals surface area contributed by atoms with Crippen LogP contribution in [-0.4, -0.2) is 29.7 Å². The first-order valence-electron chi connectivity index (χ1n) is 5.52. The maximum absolute atomic E-state index is 11.8. The Morgan fingerprint density at radius 3 is 2.44 bits per heavy atom. The van der Waals surface area contributed by atoms with Crippen LogP contribution in [0.4, 0.5) is 4.79 Å². The fourth-order valence-electron chi connectivity index (χ4n) is 1.62. The molecule has 5 nitrogen and oxygen atoms in total. The normalized spacial score (nSPS) is 25.2. The van der Waals surface area contributed by atoms with E-state index in [9.17, 15) is 9.59 Å². The van der Waals surface area contributed by atoms with E-state index in [1.165, 1.54) is 0 Å². The molecular formula is C11H20N2O3. The average Bonchev–Trinajstić information content (AvgIpc) is 2.49. The quantitative estimate of drug-likeness (QED) is 0.707. The number of hydrogen-bond donors (Lipinski definition) is 2. The van der Waals surface area contributed by atoms with Gasteiger partial charge in [-0.15, -0.1) is 0 Å². The summed E-state index contributed by atoms with van der Waals surface area (Å²) in [5.41, 5.74) is -1.23. The highest BCUT2D eigenvalue weighted by Crippen LogP contribution is 2.18. The third-order valence-electron chi connectivity index (χ3n) is 2.48. The van der Waals surface area contributed by atoms with E-state index in [1.807, 2.05) is 0 Å². The zero-order valence-electron chi connectivity index (χ0n) is 10.3. The Labute approximate surface area is 95.9 Å². The molecule has 5 heteroatoms. The summed E-state index contributed by atoms with van der Waals surface area (Å²) in [5.74, 6) is -0.320. The van der Waals surface area contributed by atoms with Crippen LogP contribution in [0.1, 0.15) is 40.5 Å². The lowest BCUT2D eigenvalue weighted by Crippen LogP contribution is -2.53. The first-order valence-corrected chi connectivity index (χ1v) is 5.52. The summed E-state index contributed by atoms with van der Waals surface area (Å²) >= 11 is 0. The number of ether oxygens (including phenoxy) is 1. The van der Waals surface area contributed by atoms with Crippen LogP contribution in [0.25, 0.3) is 0 Å². The minimum absolute atomic E-state index is 0.320. The molecule has 0 aromatic heterocycles. The molecule has 1 rings (SSSR count).